The Morgan fingerprint density at radius 1 is 1.21 bits per heavy atom. The van der Waals surface area contributed by atoms with Crippen molar-refractivity contribution in [3.63, 3.8) is 0 Å². The van der Waals surface area contributed by atoms with Crippen LogP contribution in [0.5, 0.6) is 5.75 Å². The number of likely N-dealkylation sites (N-methyl/N-ethyl adjacent to an activating group) is 1. The van der Waals surface area contributed by atoms with E-state index in [1.165, 1.54) is 0 Å². The number of carbonyl (C=O) groups is 1. The summed E-state index contributed by atoms with van der Waals surface area (Å²) in [7, 11) is 2.04. The van der Waals surface area contributed by atoms with Gasteiger partial charge in [-0.2, -0.15) is 0 Å². The molecule has 1 aromatic carbocycles. The molecule has 2 aliphatic heterocycles. The molecule has 0 aliphatic carbocycles. The zero-order valence-electron chi connectivity index (χ0n) is 14.8. The van der Waals surface area contributed by atoms with Crippen molar-refractivity contribution in [3.05, 3.63) is 17.7 Å². The fourth-order valence-electron chi connectivity index (χ4n) is 3.00. The minimum atomic E-state index is -0.0645. The van der Waals surface area contributed by atoms with E-state index >= 15 is 0 Å². The number of anilines is 2. The molecule has 0 radical (unpaired) electrons. The van der Waals surface area contributed by atoms with Gasteiger partial charge >= 0.3 is 0 Å². The second-order valence-corrected chi connectivity index (χ2v) is 6.81. The summed E-state index contributed by atoms with van der Waals surface area (Å²) in [5.41, 5.74) is 2.67. The molecular weight excluding hydrogens is 306 g/mol. The van der Waals surface area contributed by atoms with E-state index in [9.17, 15) is 4.79 Å². The molecule has 132 valence electrons. The lowest BCUT2D eigenvalue weighted by molar-refractivity contribution is 0.0944. The molecule has 6 nitrogen and oxygen atoms in total. The van der Waals surface area contributed by atoms with Gasteiger partial charge in [0.05, 0.1) is 31.0 Å². The maximum atomic E-state index is 12.7. The first-order valence-electron chi connectivity index (χ1n) is 8.69. The monoisotopic (exact) mass is 333 g/mol. The van der Waals surface area contributed by atoms with Gasteiger partial charge < -0.3 is 24.6 Å². The molecule has 0 spiro atoms. The van der Waals surface area contributed by atoms with Crippen LogP contribution in [0, 0.1) is 5.92 Å². The summed E-state index contributed by atoms with van der Waals surface area (Å²) in [5, 5.41) is 3.01. The molecule has 1 N–H and O–H groups in total. The van der Waals surface area contributed by atoms with Crippen LogP contribution >= 0.6 is 0 Å². The Hall–Kier alpha value is -1.95. The standard InChI is InChI=1S/C18H27N3O3/c1-13(2)12-19-18(22)15-10-14(21-5-7-23-8-6-21)11-16-17(15)24-9-4-20(16)3/h10-11,13H,4-9,12H2,1-3H3,(H,19,22). The van der Waals surface area contributed by atoms with Gasteiger partial charge in [-0.3, -0.25) is 4.79 Å². The molecule has 0 unspecified atom stereocenters. The van der Waals surface area contributed by atoms with E-state index in [0.717, 1.165) is 44.2 Å². The average Bonchev–Trinajstić information content (AvgIpc) is 2.60. The van der Waals surface area contributed by atoms with Gasteiger partial charge in [0.15, 0.2) is 5.75 Å². The summed E-state index contributed by atoms with van der Waals surface area (Å²) in [4.78, 5) is 17.1. The van der Waals surface area contributed by atoms with Crippen LogP contribution in [0.2, 0.25) is 0 Å². The van der Waals surface area contributed by atoms with Crippen molar-refractivity contribution in [1.29, 1.82) is 0 Å². The number of morpholine rings is 1. The molecule has 2 aliphatic rings. The van der Waals surface area contributed by atoms with Crippen LogP contribution in [0.3, 0.4) is 0 Å². The maximum Gasteiger partial charge on any atom is 0.255 e. The molecule has 0 saturated carbocycles. The summed E-state index contributed by atoms with van der Waals surface area (Å²) in [5.74, 6) is 1.04. The van der Waals surface area contributed by atoms with E-state index in [2.05, 4.69) is 35.0 Å². The SMILES string of the molecule is CC(C)CNC(=O)c1cc(N2CCOCC2)cc2c1OCCN2C. The second-order valence-electron chi connectivity index (χ2n) is 6.81. The molecule has 1 saturated heterocycles. The Kier molecular flexibility index (Phi) is 5.14. The summed E-state index contributed by atoms with van der Waals surface area (Å²) in [6.45, 7) is 9.39. The second kappa shape index (κ2) is 7.30. The predicted octanol–water partition coefficient (Wildman–Crippen LogP) is 1.74. The van der Waals surface area contributed by atoms with Crippen LogP contribution in [-0.4, -0.2) is 59.0 Å². The van der Waals surface area contributed by atoms with Gasteiger partial charge in [-0.05, 0) is 18.1 Å². The summed E-state index contributed by atoms with van der Waals surface area (Å²) in [6.07, 6.45) is 0. The van der Waals surface area contributed by atoms with Crippen LogP contribution in [0.25, 0.3) is 0 Å². The largest absolute Gasteiger partial charge is 0.489 e. The molecule has 1 amide bonds. The lowest BCUT2D eigenvalue weighted by Gasteiger charge is -2.33. The smallest absolute Gasteiger partial charge is 0.255 e. The Balaban J connectivity index is 1.95. The van der Waals surface area contributed by atoms with Gasteiger partial charge in [-0.1, -0.05) is 13.8 Å². The summed E-state index contributed by atoms with van der Waals surface area (Å²) >= 11 is 0. The number of benzene rings is 1. The lowest BCUT2D eigenvalue weighted by atomic mass is 10.1. The van der Waals surface area contributed by atoms with E-state index in [1.54, 1.807) is 0 Å². The average molecular weight is 333 g/mol. The Morgan fingerprint density at radius 3 is 2.67 bits per heavy atom. The third-order valence-corrected chi connectivity index (χ3v) is 4.43. The van der Waals surface area contributed by atoms with Gasteiger partial charge in [0.2, 0.25) is 0 Å². The first-order chi connectivity index (χ1) is 11.6. The van der Waals surface area contributed by atoms with Gasteiger partial charge in [-0.15, -0.1) is 0 Å². The third kappa shape index (κ3) is 3.59. The highest BCUT2D eigenvalue weighted by atomic mass is 16.5. The number of rotatable bonds is 4. The number of fused-ring (bicyclic) bond motifs is 1. The minimum Gasteiger partial charge on any atom is -0.489 e. The van der Waals surface area contributed by atoms with Crippen molar-refractivity contribution < 1.29 is 14.3 Å². The van der Waals surface area contributed by atoms with Crippen LogP contribution in [-0.2, 0) is 4.74 Å². The Bertz CT molecular complexity index is 597. The maximum absolute atomic E-state index is 12.7. The van der Waals surface area contributed by atoms with Crippen molar-refractivity contribution >= 4 is 17.3 Å². The van der Waals surface area contributed by atoms with Crippen LogP contribution in [0.15, 0.2) is 12.1 Å². The molecule has 0 aromatic heterocycles. The van der Waals surface area contributed by atoms with Crippen LogP contribution in [0.4, 0.5) is 11.4 Å². The van der Waals surface area contributed by atoms with Gasteiger partial charge in [0, 0.05) is 32.4 Å². The number of carbonyl (C=O) groups excluding carboxylic acids is 1. The molecule has 0 bridgehead atoms. The van der Waals surface area contributed by atoms with Gasteiger partial charge in [0.25, 0.3) is 5.91 Å². The fourth-order valence-corrected chi connectivity index (χ4v) is 3.00. The van der Waals surface area contributed by atoms with Gasteiger partial charge in [0.1, 0.15) is 6.61 Å². The van der Waals surface area contributed by atoms with E-state index in [4.69, 9.17) is 9.47 Å². The summed E-state index contributed by atoms with van der Waals surface area (Å²) in [6, 6.07) is 4.08. The number of nitrogens with one attached hydrogen (secondary N) is 1. The van der Waals surface area contributed by atoms with E-state index in [-0.39, 0.29) is 5.91 Å². The Morgan fingerprint density at radius 2 is 1.96 bits per heavy atom. The van der Waals surface area contributed by atoms with Crippen molar-refractivity contribution in [2.45, 2.75) is 13.8 Å². The molecule has 1 fully saturated rings. The van der Waals surface area contributed by atoms with E-state index in [0.29, 0.717) is 30.4 Å². The summed E-state index contributed by atoms with van der Waals surface area (Å²) < 4.78 is 11.3. The fraction of sp³-hybridized carbons (Fsp3) is 0.611. The van der Waals surface area contributed by atoms with Crippen molar-refractivity contribution in [2.24, 2.45) is 5.92 Å². The third-order valence-electron chi connectivity index (χ3n) is 4.43. The van der Waals surface area contributed by atoms with E-state index in [1.807, 2.05) is 13.1 Å². The minimum absolute atomic E-state index is 0.0645. The number of hydrogen-bond acceptors (Lipinski definition) is 5. The number of amides is 1. The quantitative estimate of drug-likeness (QED) is 0.910. The van der Waals surface area contributed by atoms with E-state index < -0.39 is 0 Å². The topological polar surface area (TPSA) is 54.0 Å². The molecule has 24 heavy (non-hydrogen) atoms. The number of hydrogen-bond donors (Lipinski definition) is 1. The van der Waals surface area contributed by atoms with Crippen LogP contribution < -0.4 is 19.9 Å². The van der Waals surface area contributed by atoms with Gasteiger partial charge in [-0.25, -0.2) is 0 Å². The van der Waals surface area contributed by atoms with Crippen molar-refractivity contribution in [3.8, 4) is 5.75 Å². The zero-order chi connectivity index (χ0) is 17.1. The highest BCUT2D eigenvalue weighted by Gasteiger charge is 2.25. The Labute approximate surface area is 143 Å². The first kappa shape index (κ1) is 16.9. The number of ether oxygens (including phenoxy) is 2. The zero-order valence-corrected chi connectivity index (χ0v) is 14.8. The number of nitrogens with zero attached hydrogens (tertiary/aromatic N) is 2. The first-order valence-corrected chi connectivity index (χ1v) is 8.69. The highest BCUT2D eigenvalue weighted by molar-refractivity contribution is 6.00. The molecule has 0 atom stereocenters. The van der Waals surface area contributed by atoms with Crippen LogP contribution in [0.1, 0.15) is 24.2 Å². The lowest BCUT2D eigenvalue weighted by Crippen LogP contribution is -2.37. The normalized spacial score (nSPS) is 17.5. The highest BCUT2D eigenvalue weighted by Crippen LogP contribution is 2.38. The molecule has 2 heterocycles. The molecule has 1 aromatic rings. The molecular formula is C18H27N3O3. The van der Waals surface area contributed by atoms with Crippen molar-refractivity contribution in [1.82, 2.24) is 5.32 Å². The predicted molar refractivity (Wildman–Crippen MR) is 95.4 cm³/mol. The molecule has 6 heteroatoms. The van der Waals surface area contributed by atoms with Crippen molar-refractivity contribution in [2.75, 3.05) is 62.8 Å². The molecule has 3 rings (SSSR count).